The van der Waals surface area contributed by atoms with E-state index in [0.717, 1.165) is 0 Å². The zero-order valence-electron chi connectivity index (χ0n) is 12.9. The summed E-state index contributed by atoms with van der Waals surface area (Å²) in [5, 5.41) is 24.2. The normalized spacial score (nSPS) is 10.1. The highest BCUT2D eigenvalue weighted by Gasteiger charge is 2.18. The number of hydrogen-bond donors (Lipinski definition) is 1. The van der Waals surface area contributed by atoms with Crippen molar-refractivity contribution in [2.24, 2.45) is 0 Å². The summed E-state index contributed by atoms with van der Waals surface area (Å²) in [6, 6.07) is 9.40. The van der Waals surface area contributed by atoms with Crippen molar-refractivity contribution in [3.8, 4) is 0 Å². The summed E-state index contributed by atoms with van der Waals surface area (Å²) in [7, 11) is 3.40. The van der Waals surface area contributed by atoms with E-state index in [1.807, 2.05) is 0 Å². The van der Waals surface area contributed by atoms with Gasteiger partial charge in [0.1, 0.15) is 0 Å². The summed E-state index contributed by atoms with van der Waals surface area (Å²) in [4.78, 5) is 34.6. The van der Waals surface area contributed by atoms with E-state index < -0.39 is 15.8 Å². The second-order valence-corrected chi connectivity index (χ2v) is 5.11. The Morgan fingerprint density at radius 1 is 1.00 bits per heavy atom. The largest absolute Gasteiger partial charge is 0.377 e. The zero-order valence-corrected chi connectivity index (χ0v) is 12.9. The molecule has 1 amide bonds. The summed E-state index contributed by atoms with van der Waals surface area (Å²) in [5.41, 5.74) is 0.430. The van der Waals surface area contributed by atoms with Crippen LogP contribution in [0.25, 0.3) is 0 Å². The Hall–Kier alpha value is -3.49. The van der Waals surface area contributed by atoms with Gasteiger partial charge in [-0.15, -0.1) is 0 Å². The van der Waals surface area contributed by atoms with Gasteiger partial charge in [0.2, 0.25) is 0 Å². The summed E-state index contributed by atoms with van der Waals surface area (Å²) >= 11 is 0. The van der Waals surface area contributed by atoms with Crippen LogP contribution in [0, 0.1) is 20.2 Å². The molecule has 2 aromatic carbocycles. The highest BCUT2D eigenvalue weighted by atomic mass is 16.6. The average Bonchev–Trinajstić information content (AvgIpc) is 2.54. The molecule has 0 aliphatic rings. The van der Waals surface area contributed by atoms with Crippen molar-refractivity contribution in [3.05, 3.63) is 68.3 Å². The van der Waals surface area contributed by atoms with Gasteiger partial charge >= 0.3 is 0 Å². The maximum atomic E-state index is 12.5. The van der Waals surface area contributed by atoms with Gasteiger partial charge in [-0.05, 0) is 12.1 Å². The first-order valence-corrected chi connectivity index (χ1v) is 6.81. The van der Waals surface area contributed by atoms with Crippen molar-refractivity contribution >= 4 is 28.7 Å². The van der Waals surface area contributed by atoms with Crippen LogP contribution in [0.2, 0.25) is 0 Å². The average molecular weight is 330 g/mol. The zero-order chi connectivity index (χ0) is 17.9. The molecular weight excluding hydrogens is 316 g/mol. The minimum atomic E-state index is -0.595. The lowest BCUT2D eigenvalue weighted by Gasteiger charge is -2.17. The number of nitrogens with zero attached hydrogens (tertiary/aromatic N) is 3. The van der Waals surface area contributed by atoms with Crippen LogP contribution < -0.4 is 10.2 Å². The Labute approximate surface area is 136 Å². The van der Waals surface area contributed by atoms with E-state index in [0.29, 0.717) is 5.69 Å². The maximum Gasteiger partial charge on any atom is 0.271 e. The van der Waals surface area contributed by atoms with E-state index in [-0.39, 0.29) is 22.6 Å². The lowest BCUT2D eigenvalue weighted by molar-refractivity contribution is -0.385. The monoisotopic (exact) mass is 330 g/mol. The fraction of sp³-hybridized carbons (Fsp3) is 0.133. The van der Waals surface area contributed by atoms with Crippen LogP contribution in [0.5, 0.6) is 0 Å². The lowest BCUT2D eigenvalue weighted by Crippen LogP contribution is -2.18. The number of hydrogen-bond acceptors (Lipinski definition) is 6. The van der Waals surface area contributed by atoms with Gasteiger partial charge in [-0.2, -0.15) is 0 Å². The smallest absolute Gasteiger partial charge is 0.271 e. The molecule has 9 heteroatoms. The third-order valence-electron chi connectivity index (χ3n) is 3.23. The number of rotatable bonds is 5. The summed E-state index contributed by atoms with van der Waals surface area (Å²) in [6.07, 6.45) is 0. The molecule has 0 radical (unpaired) electrons. The Kier molecular flexibility index (Phi) is 4.73. The number of benzene rings is 2. The van der Waals surface area contributed by atoms with Crippen molar-refractivity contribution in [2.75, 3.05) is 24.3 Å². The van der Waals surface area contributed by atoms with Crippen LogP contribution in [0.15, 0.2) is 42.5 Å². The first-order chi connectivity index (χ1) is 11.3. The second-order valence-electron chi connectivity index (χ2n) is 5.11. The summed E-state index contributed by atoms with van der Waals surface area (Å²) in [6.45, 7) is 0. The van der Waals surface area contributed by atoms with Crippen LogP contribution in [-0.4, -0.2) is 29.8 Å². The number of carbonyl (C=O) groups excluding carboxylic acids is 1. The Morgan fingerprint density at radius 3 is 2.21 bits per heavy atom. The molecule has 0 aliphatic carbocycles. The van der Waals surface area contributed by atoms with Crippen molar-refractivity contribution in [1.82, 2.24) is 0 Å². The van der Waals surface area contributed by atoms with E-state index in [1.54, 1.807) is 19.0 Å². The molecule has 1 N–H and O–H groups in total. The van der Waals surface area contributed by atoms with E-state index in [1.165, 1.54) is 42.5 Å². The molecule has 0 atom stereocenters. The van der Waals surface area contributed by atoms with E-state index in [9.17, 15) is 25.0 Å². The molecule has 0 spiro atoms. The molecule has 0 heterocycles. The molecule has 0 aliphatic heterocycles. The predicted octanol–water partition coefficient (Wildman–Crippen LogP) is 2.82. The SMILES string of the molecule is CN(C)c1ccc([N+](=O)[O-])cc1C(=O)Nc1cccc([N+](=O)[O-])c1. The number of anilines is 2. The Bertz CT molecular complexity index is 819. The highest BCUT2D eigenvalue weighted by molar-refractivity contribution is 6.08. The minimum absolute atomic E-state index is 0.0979. The molecular formula is C15H14N4O5. The number of non-ortho nitro benzene ring substituents is 2. The molecule has 24 heavy (non-hydrogen) atoms. The predicted molar refractivity (Wildman–Crippen MR) is 88.5 cm³/mol. The third-order valence-corrected chi connectivity index (χ3v) is 3.23. The second kappa shape index (κ2) is 6.73. The summed E-state index contributed by atoms with van der Waals surface area (Å²) in [5.74, 6) is -0.595. The number of nitro benzene ring substituents is 2. The van der Waals surface area contributed by atoms with Gasteiger partial charge in [-0.25, -0.2) is 0 Å². The molecule has 2 aromatic rings. The van der Waals surface area contributed by atoms with E-state index in [4.69, 9.17) is 0 Å². The summed E-state index contributed by atoms with van der Waals surface area (Å²) < 4.78 is 0. The van der Waals surface area contributed by atoms with Gasteiger partial charge in [0, 0.05) is 49.7 Å². The van der Waals surface area contributed by atoms with Crippen LogP contribution >= 0.6 is 0 Å². The van der Waals surface area contributed by atoms with Crippen molar-refractivity contribution in [3.63, 3.8) is 0 Å². The highest BCUT2D eigenvalue weighted by Crippen LogP contribution is 2.26. The van der Waals surface area contributed by atoms with Crippen LogP contribution in [0.4, 0.5) is 22.7 Å². The van der Waals surface area contributed by atoms with E-state index >= 15 is 0 Å². The van der Waals surface area contributed by atoms with Crippen molar-refractivity contribution in [2.45, 2.75) is 0 Å². The first kappa shape index (κ1) is 16.9. The van der Waals surface area contributed by atoms with Gasteiger partial charge in [-0.1, -0.05) is 6.07 Å². The van der Waals surface area contributed by atoms with Crippen molar-refractivity contribution in [1.29, 1.82) is 0 Å². The molecule has 0 saturated carbocycles. The maximum absolute atomic E-state index is 12.5. The molecule has 0 aromatic heterocycles. The van der Waals surface area contributed by atoms with Gasteiger partial charge in [0.25, 0.3) is 17.3 Å². The molecule has 124 valence electrons. The molecule has 0 fully saturated rings. The van der Waals surface area contributed by atoms with Gasteiger partial charge in [0.15, 0.2) is 0 Å². The van der Waals surface area contributed by atoms with Crippen LogP contribution in [0.3, 0.4) is 0 Å². The minimum Gasteiger partial charge on any atom is -0.377 e. The van der Waals surface area contributed by atoms with Gasteiger partial charge in [0.05, 0.1) is 15.4 Å². The Morgan fingerprint density at radius 2 is 1.62 bits per heavy atom. The van der Waals surface area contributed by atoms with E-state index in [2.05, 4.69) is 5.32 Å². The quantitative estimate of drug-likeness (QED) is 0.665. The molecule has 0 saturated heterocycles. The van der Waals surface area contributed by atoms with Gasteiger partial charge in [-0.3, -0.25) is 25.0 Å². The molecule has 9 nitrogen and oxygen atoms in total. The van der Waals surface area contributed by atoms with Crippen LogP contribution in [-0.2, 0) is 0 Å². The number of carbonyl (C=O) groups is 1. The molecule has 2 rings (SSSR count). The topological polar surface area (TPSA) is 119 Å². The lowest BCUT2D eigenvalue weighted by atomic mass is 10.1. The van der Waals surface area contributed by atoms with Crippen LogP contribution in [0.1, 0.15) is 10.4 Å². The van der Waals surface area contributed by atoms with Gasteiger partial charge < -0.3 is 10.2 Å². The molecule has 0 unspecified atom stereocenters. The standard InChI is InChI=1S/C15H14N4O5/c1-17(2)14-7-6-12(19(23)24)9-13(14)15(20)16-10-4-3-5-11(8-10)18(21)22/h3-9H,1-2H3,(H,16,20). The fourth-order valence-electron chi connectivity index (χ4n) is 2.11. The number of amides is 1. The fourth-order valence-corrected chi connectivity index (χ4v) is 2.11. The first-order valence-electron chi connectivity index (χ1n) is 6.81. The number of nitrogens with one attached hydrogen (secondary N) is 1. The Balaban J connectivity index is 2.38. The van der Waals surface area contributed by atoms with Crippen molar-refractivity contribution < 1.29 is 14.6 Å². The number of nitro groups is 2. The third kappa shape index (κ3) is 3.64. The molecule has 0 bridgehead atoms.